The van der Waals surface area contributed by atoms with Crippen molar-refractivity contribution in [2.45, 2.75) is 13.1 Å². The molecule has 0 saturated carbocycles. The first-order valence-corrected chi connectivity index (χ1v) is 7.76. The lowest BCUT2D eigenvalue weighted by atomic mass is 10.2. The Morgan fingerprint density at radius 3 is 2.52 bits per heavy atom. The molecule has 3 rings (SSSR count). The van der Waals surface area contributed by atoms with Crippen molar-refractivity contribution in [1.82, 2.24) is 20.3 Å². The van der Waals surface area contributed by atoms with Crippen LogP contribution in [0.3, 0.4) is 0 Å². The third-order valence-electron chi connectivity index (χ3n) is 3.47. The summed E-state index contributed by atoms with van der Waals surface area (Å²) < 4.78 is 27.5. The minimum absolute atomic E-state index is 0.0556. The number of carbonyl (C=O) groups is 1. The largest absolute Gasteiger partial charge is 0.347 e. The van der Waals surface area contributed by atoms with Gasteiger partial charge < -0.3 is 5.32 Å². The molecule has 8 heteroatoms. The first kappa shape index (κ1) is 17.0. The Bertz CT molecular complexity index is 896. The highest BCUT2D eigenvalue weighted by Crippen LogP contribution is 2.11. The van der Waals surface area contributed by atoms with Crippen molar-refractivity contribution < 1.29 is 13.6 Å². The van der Waals surface area contributed by atoms with Gasteiger partial charge in [0, 0.05) is 11.6 Å². The molecular formula is C17H13ClF2N4O. The topological polar surface area (TPSA) is 59.8 Å². The predicted molar refractivity (Wildman–Crippen MR) is 88.1 cm³/mol. The lowest BCUT2D eigenvalue weighted by Gasteiger charge is -2.04. The third-order valence-corrected chi connectivity index (χ3v) is 3.72. The number of rotatable bonds is 5. The van der Waals surface area contributed by atoms with E-state index in [2.05, 4.69) is 15.6 Å². The molecule has 1 N–H and O–H groups in total. The van der Waals surface area contributed by atoms with Crippen LogP contribution in [0.1, 0.15) is 21.6 Å². The lowest BCUT2D eigenvalue weighted by Crippen LogP contribution is -2.23. The second-order valence-electron chi connectivity index (χ2n) is 5.36. The van der Waals surface area contributed by atoms with Gasteiger partial charge in [0.15, 0.2) is 17.3 Å². The number of nitrogens with one attached hydrogen (secondary N) is 1. The molecule has 0 radical (unpaired) electrons. The lowest BCUT2D eigenvalue weighted by molar-refractivity contribution is 0.0945. The molecule has 1 amide bonds. The Balaban J connectivity index is 1.60. The molecule has 3 aromatic rings. The third kappa shape index (κ3) is 4.39. The van der Waals surface area contributed by atoms with Crippen LogP contribution < -0.4 is 5.32 Å². The number of halogens is 3. The summed E-state index contributed by atoms with van der Waals surface area (Å²) in [7, 11) is 0. The van der Waals surface area contributed by atoms with Gasteiger partial charge in [0.2, 0.25) is 0 Å². The monoisotopic (exact) mass is 362 g/mol. The first-order chi connectivity index (χ1) is 12.0. The SMILES string of the molecule is O=C(NCc1ccc(F)c(F)c1)c1cn(Cc2ccc(Cl)cc2)nn1. The molecule has 0 fully saturated rings. The fourth-order valence-electron chi connectivity index (χ4n) is 2.18. The summed E-state index contributed by atoms with van der Waals surface area (Å²) in [4.78, 5) is 12.1. The van der Waals surface area contributed by atoms with Crippen molar-refractivity contribution in [3.8, 4) is 0 Å². The van der Waals surface area contributed by atoms with Crippen LogP contribution in [0.2, 0.25) is 5.02 Å². The van der Waals surface area contributed by atoms with Gasteiger partial charge in [-0.25, -0.2) is 13.5 Å². The van der Waals surface area contributed by atoms with Crippen LogP contribution in [0.15, 0.2) is 48.7 Å². The average molecular weight is 363 g/mol. The number of aromatic nitrogens is 3. The van der Waals surface area contributed by atoms with Crippen LogP contribution in [-0.4, -0.2) is 20.9 Å². The predicted octanol–water partition coefficient (Wildman–Crippen LogP) is 3.19. The van der Waals surface area contributed by atoms with E-state index in [1.54, 1.807) is 12.1 Å². The van der Waals surface area contributed by atoms with E-state index >= 15 is 0 Å². The molecule has 0 aliphatic carbocycles. The van der Waals surface area contributed by atoms with Gasteiger partial charge in [-0.2, -0.15) is 0 Å². The molecule has 0 unspecified atom stereocenters. The fourth-order valence-corrected chi connectivity index (χ4v) is 2.31. The van der Waals surface area contributed by atoms with Crippen molar-refractivity contribution in [3.05, 3.63) is 82.1 Å². The molecule has 0 spiro atoms. The number of nitrogens with zero attached hydrogens (tertiary/aromatic N) is 3. The van der Waals surface area contributed by atoms with Crippen molar-refractivity contribution in [2.75, 3.05) is 0 Å². The second-order valence-corrected chi connectivity index (χ2v) is 5.80. The number of benzene rings is 2. The van der Waals surface area contributed by atoms with Gasteiger partial charge in [0.25, 0.3) is 5.91 Å². The maximum Gasteiger partial charge on any atom is 0.273 e. The van der Waals surface area contributed by atoms with Crippen LogP contribution in [0.25, 0.3) is 0 Å². The van der Waals surface area contributed by atoms with E-state index < -0.39 is 17.5 Å². The first-order valence-electron chi connectivity index (χ1n) is 7.38. The quantitative estimate of drug-likeness (QED) is 0.758. The zero-order valence-corrected chi connectivity index (χ0v) is 13.7. The van der Waals surface area contributed by atoms with E-state index in [0.29, 0.717) is 17.1 Å². The molecular weight excluding hydrogens is 350 g/mol. The van der Waals surface area contributed by atoms with Gasteiger partial charge in [-0.05, 0) is 35.4 Å². The van der Waals surface area contributed by atoms with Crippen LogP contribution in [0, 0.1) is 11.6 Å². The summed E-state index contributed by atoms with van der Waals surface area (Å²) in [6, 6.07) is 10.7. The highest BCUT2D eigenvalue weighted by molar-refractivity contribution is 6.30. The molecule has 25 heavy (non-hydrogen) atoms. The van der Waals surface area contributed by atoms with E-state index in [-0.39, 0.29) is 12.2 Å². The smallest absolute Gasteiger partial charge is 0.273 e. The van der Waals surface area contributed by atoms with Gasteiger partial charge >= 0.3 is 0 Å². The highest BCUT2D eigenvalue weighted by atomic mass is 35.5. The van der Waals surface area contributed by atoms with Gasteiger partial charge in [-0.3, -0.25) is 4.79 Å². The molecule has 5 nitrogen and oxygen atoms in total. The Hall–Kier alpha value is -2.80. The summed E-state index contributed by atoms with van der Waals surface area (Å²) in [6.07, 6.45) is 1.51. The molecule has 128 valence electrons. The van der Waals surface area contributed by atoms with E-state index in [1.807, 2.05) is 12.1 Å². The van der Waals surface area contributed by atoms with Crippen LogP contribution in [0.4, 0.5) is 8.78 Å². The summed E-state index contributed by atoms with van der Waals surface area (Å²) in [5.41, 5.74) is 1.54. The van der Waals surface area contributed by atoms with Gasteiger partial charge in [-0.1, -0.05) is 35.0 Å². The zero-order valence-electron chi connectivity index (χ0n) is 12.9. The Labute approximate surface area is 147 Å². The van der Waals surface area contributed by atoms with Gasteiger partial charge in [0.05, 0.1) is 12.7 Å². The fraction of sp³-hybridized carbons (Fsp3) is 0.118. The summed E-state index contributed by atoms with van der Waals surface area (Å²) in [5.74, 6) is -2.34. The highest BCUT2D eigenvalue weighted by Gasteiger charge is 2.11. The van der Waals surface area contributed by atoms with Crippen LogP contribution in [-0.2, 0) is 13.1 Å². The van der Waals surface area contributed by atoms with Gasteiger partial charge in [0.1, 0.15) is 0 Å². The van der Waals surface area contributed by atoms with Crippen LogP contribution in [0.5, 0.6) is 0 Å². The molecule has 1 aromatic heterocycles. The maximum absolute atomic E-state index is 13.1. The number of carbonyl (C=O) groups excluding carboxylic acids is 1. The van der Waals surface area contributed by atoms with Crippen molar-refractivity contribution in [2.24, 2.45) is 0 Å². The molecule has 1 heterocycles. The van der Waals surface area contributed by atoms with E-state index in [1.165, 1.54) is 16.9 Å². The van der Waals surface area contributed by atoms with Crippen molar-refractivity contribution in [3.63, 3.8) is 0 Å². The van der Waals surface area contributed by atoms with Crippen LogP contribution >= 0.6 is 11.6 Å². The molecule has 0 saturated heterocycles. The number of amides is 1. The Kier molecular flexibility index (Phi) is 5.04. The summed E-state index contributed by atoms with van der Waals surface area (Å²) >= 11 is 5.83. The Morgan fingerprint density at radius 2 is 1.80 bits per heavy atom. The Morgan fingerprint density at radius 1 is 1.08 bits per heavy atom. The normalized spacial score (nSPS) is 10.7. The zero-order chi connectivity index (χ0) is 17.8. The molecule has 2 aromatic carbocycles. The van der Waals surface area contributed by atoms with Crippen molar-refractivity contribution >= 4 is 17.5 Å². The standard InChI is InChI=1S/C17H13ClF2N4O/c18-13-4-1-11(2-5-13)9-24-10-16(22-23-24)17(25)21-8-12-3-6-14(19)15(20)7-12/h1-7,10H,8-9H2,(H,21,25). The van der Waals surface area contributed by atoms with E-state index in [4.69, 9.17) is 11.6 Å². The minimum atomic E-state index is -0.958. The van der Waals surface area contributed by atoms with E-state index in [0.717, 1.165) is 17.7 Å². The minimum Gasteiger partial charge on any atom is -0.347 e. The summed E-state index contributed by atoms with van der Waals surface area (Å²) in [5, 5.41) is 10.9. The van der Waals surface area contributed by atoms with Gasteiger partial charge in [-0.15, -0.1) is 5.10 Å². The summed E-state index contributed by atoms with van der Waals surface area (Å²) in [6.45, 7) is 0.501. The molecule has 0 aliphatic heterocycles. The van der Waals surface area contributed by atoms with Crippen molar-refractivity contribution in [1.29, 1.82) is 0 Å². The number of hydrogen-bond donors (Lipinski definition) is 1. The second kappa shape index (κ2) is 7.40. The van der Waals surface area contributed by atoms with E-state index in [9.17, 15) is 13.6 Å². The maximum atomic E-state index is 13.1. The number of hydrogen-bond acceptors (Lipinski definition) is 3. The average Bonchev–Trinajstić information content (AvgIpc) is 3.06. The molecule has 0 aliphatic rings. The molecule has 0 bridgehead atoms. The molecule has 0 atom stereocenters.